The van der Waals surface area contributed by atoms with E-state index in [0.717, 1.165) is 18.5 Å². The van der Waals surface area contributed by atoms with E-state index >= 15 is 0 Å². The van der Waals surface area contributed by atoms with Crippen molar-refractivity contribution in [3.63, 3.8) is 0 Å². The molecule has 0 radical (unpaired) electrons. The van der Waals surface area contributed by atoms with E-state index in [-0.39, 0.29) is 24.5 Å². The highest BCUT2D eigenvalue weighted by Gasteiger charge is 2.63. The minimum absolute atomic E-state index is 0.177. The normalized spacial score (nSPS) is 39.9. The van der Waals surface area contributed by atoms with Crippen LogP contribution in [0.15, 0.2) is 30.3 Å². The zero-order valence-electron chi connectivity index (χ0n) is 10.9. The minimum Gasteiger partial charge on any atom is -0.396 e. The minimum atomic E-state index is 0.177. The Morgan fingerprint density at radius 3 is 2.58 bits per heavy atom. The first kappa shape index (κ1) is 11.5. The lowest BCUT2D eigenvalue weighted by Crippen LogP contribution is -2.47. The van der Waals surface area contributed by atoms with Gasteiger partial charge in [0.1, 0.15) is 0 Å². The molecule has 1 N–H and O–H groups in total. The summed E-state index contributed by atoms with van der Waals surface area (Å²) in [6, 6.07) is 10.2. The van der Waals surface area contributed by atoms with Crippen molar-refractivity contribution >= 4 is 11.6 Å². The molecule has 1 saturated heterocycles. The van der Waals surface area contributed by atoms with Crippen LogP contribution in [-0.4, -0.2) is 23.7 Å². The number of carbonyl (C=O) groups excluding carboxylic acids is 1. The van der Waals surface area contributed by atoms with Gasteiger partial charge in [-0.3, -0.25) is 4.79 Å². The topological polar surface area (TPSA) is 40.5 Å². The molecule has 1 heterocycles. The standard InChI is InChI=1S/C16H19NO2/c18-9-13-11-7-4-8-12-14(11)16(19)17(15(12)13)10-5-2-1-3-6-10/h1-3,5-6,11-15,18H,4,7-9H2/t11-,12-,13+,14+,15+/m0/s1. The molecule has 19 heavy (non-hydrogen) atoms. The highest BCUT2D eigenvalue weighted by Crippen LogP contribution is 2.58. The molecule has 0 aromatic heterocycles. The van der Waals surface area contributed by atoms with Crippen molar-refractivity contribution in [3.8, 4) is 0 Å². The number of amides is 1. The van der Waals surface area contributed by atoms with Gasteiger partial charge in [-0.05, 0) is 36.8 Å². The predicted molar refractivity (Wildman–Crippen MR) is 72.6 cm³/mol. The van der Waals surface area contributed by atoms with Crippen molar-refractivity contribution in [1.82, 2.24) is 0 Å². The molecule has 1 aromatic rings. The summed E-state index contributed by atoms with van der Waals surface area (Å²) in [4.78, 5) is 14.7. The number of para-hydroxylation sites is 1. The van der Waals surface area contributed by atoms with Crippen LogP contribution in [0.25, 0.3) is 0 Å². The molecule has 2 saturated carbocycles. The Bertz CT molecular complexity index is 501. The fourth-order valence-electron chi connectivity index (χ4n) is 4.89. The number of rotatable bonds is 2. The summed E-state index contributed by atoms with van der Waals surface area (Å²) in [5.41, 5.74) is 1.00. The van der Waals surface area contributed by atoms with Gasteiger partial charge in [0, 0.05) is 30.2 Å². The zero-order valence-corrected chi connectivity index (χ0v) is 10.9. The molecule has 4 bridgehead atoms. The Balaban J connectivity index is 1.77. The van der Waals surface area contributed by atoms with Crippen LogP contribution in [-0.2, 0) is 4.79 Å². The van der Waals surface area contributed by atoms with E-state index in [1.807, 2.05) is 35.2 Å². The molecule has 100 valence electrons. The monoisotopic (exact) mass is 257 g/mol. The predicted octanol–water partition coefficient (Wildman–Crippen LogP) is 2.06. The summed E-state index contributed by atoms with van der Waals surface area (Å²) in [7, 11) is 0. The first-order valence-corrected chi connectivity index (χ1v) is 7.32. The highest BCUT2D eigenvalue weighted by molar-refractivity contribution is 6.00. The van der Waals surface area contributed by atoms with Crippen molar-refractivity contribution in [2.75, 3.05) is 11.5 Å². The zero-order chi connectivity index (χ0) is 13.0. The number of carbonyl (C=O) groups is 1. The van der Waals surface area contributed by atoms with Crippen LogP contribution < -0.4 is 4.90 Å². The third-order valence-electron chi connectivity index (χ3n) is 5.49. The van der Waals surface area contributed by atoms with Gasteiger partial charge in [-0.15, -0.1) is 0 Å². The molecular formula is C16H19NO2. The smallest absolute Gasteiger partial charge is 0.231 e. The van der Waals surface area contributed by atoms with E-state index in [1.54, 1.807) is 0 Å². The molecule has 0 unspecified atom stereocenters. The Morgan fingerprint density at radius 1 is 1.16 bits per heavy atom. The average molecular weight is 257 g/mol. The lowest BCUT2D eigenvalue weighted by atomic mass is 9.77. The van der Waals surface area contributed by atoms with Gasteiger partial charge in [0.2, 0.25) is 5.91 Å². The van der Waals surface area contributed by atoms with E-state index in [4.69, 9.17) is 0 Å². The number of anilines is 1. The summed E-state index contributed by atoms with van der Waals surface area (Å²) in [5.74, 6) is 1.67. The quantitative estimate of drug-likeness (QED) is 0.881. The van der Waals surface area contributed by atoms with Crippen LogP contribution in [0, 0.1) is 23.7 Å². The van der Waals surface area contributed by atoms with Crippen LogP contribution in [0.5, 0.6) is 0 Å². The molecule has 3 heteroatoms. The van der Waals surface area contributed by atoms with Crippen LogP contribution in [0.4, 0.5) is 5.69 Å². The molecule has 2 aliphatic carbocycles. The second-order valence-corrected chi connectivity index (χ2v) is 6.17. The van der Waals surface area contributed by atoms with E-state index in [9.17, 15) is 9.90 Å². The van der Waals surface area contributed by atoms with Crippen LogP contribution in [0.2, 0.25) is 0 Å². The van der Waals surface area contributed by atoms with E-state index in [1.165, 1.54) is 6.42 Å². The Kier molecular flexibility index (Phi) is 2.46. The summed E-state index contributed by atoms with van der Waals surface area (Å²) in [6.07, 6.45) is 3.49. The number of hydrogen-bond acceptors (Lipinski definition) is 2. The van der Waals surface area contributed by atoms with Crippen molar-refractivity contribution in [2.45, 2.75) is 25.3 Å². The molecule has 3 fully saturated rings. The average Bonchev–Trinajstić information content (AvgIpc) is 2.84. The van der Waals surface area contributed by atoms with Gasteiger partial charge in [0.05, 0.1) is 0 Å². The third kappa shape index (κ3) is 1.39. The number of hydrogen-bond donors (Lipinski definition) is 1. The Hall–Kier alpha value is -1.35. The summed E-state index contributed by atoms with van der Waals surface area (Å²) in [5, 5.41) is 9.75. The highest BCUT2D eigenvalue weighted by atomic mass is 16.3. The van der Waals surface area contributed by atoms with Crippen molar-refractivity contribution < 1.29 is 9.90 Å². The largest absolute Gasteiger partial charge is 0.396 e. The number of piperidine rings is 1. The fraction of sp³-hybridized carbons (Fsp3) is 0.562. The maximum Gasteiger partial charge on any atom is 0.231 e. The molecule has 3 aliphatic rings. The third-order valence-corrected chi connectivity index (χ3v) is 5.49. The second kappa shape index (κ2) is 4.07. The molecule has 4 rings (SSSR count). The fourth-order valence-corrected chi connectivity index (χ4v) is 4.89. The lowest BCUT2D eigenvalue weighted by Gasteiger charge is -2.37. The first-order chi connectivity index (χ1) is 9.33. The van der Waals surface area contributed by atoms with Gasteiger partial charge in [-0.2, -0.15) is 0 Å². The van der Waals surface area contributed by atoms with Crippen LogP contribution in [0.1, 0.15) is 19.3 Å². The molecule has 0 spiro atoms. The van der Waals surface area contributed by atoms with E-state index in [2.05, 4.69) is 0 Å². The van der Waals surface area contributed by atoms with Gasteiger partial charge in [0.25, 0.3) is 0 Å². The number of aliphatic hydroxyl groups is 1. The van der Waals surface area contributed by atoms with Gasteiger partial charge in [0.15, 0.2) is 0 Å². The van der Waals surface area contributed by atoms with Crippen molar-refractivity contribution in [3.05, 3.63) is 30.3 Å². The second-order valence-electron chi connectivity index (χ2n) is 6.17. The molecule has 3 nitrogen and oxygen atoms in total. The first-order valence-electron chi connectivity index (χ1n) is 7.32. The number of aliphatic hydroxyl groups excluding tert-OH is 1. The van der Waals surface area contributed by atoms with Crippen LogP contribution >= 0.6 is 0 Å². The molecule has 1 aliphatic heterocycles. The van der Waals surface area contributed by atoms with Gasteiger partial charge < -0.3 is 10.0 Å². The van der Waals surface area contributed by atoms with Gasteiger partial charge in [-0.25, -0.2) is 0 Å². The molecular weight excluding hydrogens is 238 g/mol. The molecule has 1 amide bonds. The van der Waals surface area contributed by atoms with Crippen molar-refractivity contribution in [1.29, 1.82) is 0 Å². The number of nitrogens with zero attached hydrogens (tertiary/aromatic N) is 1. The number of benzene rings is 1. The SMILES string of the molecule is O=C1[C@@H]2[C@H]3CCC[C@@H]2[C@H]([C@@H]3CO)N1c1ccccc1. The van der Waals surface area contributed by atoms with Gasteiger partial charge in [-0.1, -0.05) is 24.6 Å². The molecule has 5 atom stereocenters. The van der Waals surface area contributed by atoms with Crippen molar-refractivity contribution in [2.24, 2.45) is 23.7 Å². The summed E-state index contributed by atoms with van der Waals surface area (Å²) >= 11 is 0. The van der Waals surface area contributed by atoms with Gasteiger partial charge >= 0.3 is 0 Å². The van der Waals surface area contributed by atoms with E-state index in [0.29, 0.717) is 17.7 Å². The molecule has 1 aromatic carbocycles. The lowest BCUT2D eigenvalue weighted by molar-refractivity contribution is -0.125. The van der Waals surface area contributed by atoms with E-state index < -0.39 is 0 Å². The maximum absolute atomic E-state index is 12.7. The maximum atomic E-state index is 12.7. The Morgan fingerprint density at radius 2 is 1.89 bits per heavy atom. The van der Waals surface area contributed by atoms with Crippen LogP contribution in [0.3, 0.4) is 0 Å². The summed E-state index contributed by atoms with van der Waals surface area (Å²) < 4.78 is 0. The Labute approximate surface area is 113 Å². The summed E-state index contributed by atoms with van der Waals surface area (Å²) in [6.45, 7) is 0.221.